The van der Waals surface area contributed by atoms with Crippen LogP contribution < -0.4 is 4.72 Å². The summed E-state index contributed by atoms with van der Waals surface area (Å²) < 4.78 is 27.1. The zero-order valence-electron chi connectivity index (χ0n) is 12.6. The third-order valence-electron chi connectivity index (χ3n) is 3.21. The van der Waals surface area contributed by atoms with Crippen LogP contribution in [0, 0.1) is 6.92 Å². The van der Waals surface area contributed by atoms with Gasteiger partial charge in [-0.15, -0.1) is 0 Å². The first kappa shape index (κ1) is 17.6. The molecule has 0 spiro atoms. The van der Waals surface area contributed by atoms with Gasteiger partial charge in [-0.25, -0.2) is 17.9 Å². The predicted molar refractivity (Wildman–Crippen MR) is 78.8 cm³/mol. The molecule has 21 heavy (non-hydrogen) atoms. The van der Waals surface area contributed by atoms with Gasteiger partial charge in [0.2, 0.25) is 10.0 Å². The Labute approximate surface area is 125 Å². The van der Waals surface area contributed by atoms with Crippen LogP contribution in [-0.4, -0.2) is 35.7 Å². The van der Waals surface area contributed by atoms with Crippen molar-refractivity contribution in [2.24, 2.45) is 0 Å². The summed E-state index contributed by atoms with van der Waals surface area (Å²) in [5.74, 6) is -1.37. The van der Waals surface area contributed by atoms with E-state index in [9.17, 15) is 13.2 Å². The highest BCUT2D eigenvalue weighted by Crippen LogP contribution is 2.18. The summed E-state index contributed by atoms with van der Waals surface area (Å²) in [5.41, 5.74) is -0.253. The summed E-state index contributed by atoms with van der Waals surface area (Å²) in [6, 6.07) is -0.247. The van der Waals surface area contributed by atoms with Gasteiger partial charge in [-0.1, -0.05) is 32.6 Å². The van der Waals surface area contributed by atoms with Crippen LogP contribution in [0.1, 0.15) is 62.1 Å². The molecule has 0 amide bonds. The lowest BCUT2D eigenvalue weighted by Gasteiger charge is -2.14. The quantitative estimate of drug-likeness (QED) is 0.603. The number of nitrogens with zero attached hydrogens (tertiary/aromatic N) is 1. The lowest BCUT2D eigenvalue weighted by atomic mass is 10.1. The van der Waals surface area contributed by atoms with Crippen molar-refractivity contribution in [3.8, 4) is 0 Å². The van der Waals surface area contributed by atoms with E-state index in [1.54, 1.807) is 6.92 Å². The Bertz CT molecular complexity index is 580. The lowest BCUT2D eigenvalue weighted by molar-refractivity contribution is 0.0686. The van der Waals surface area contributed by atoms with E-state index < -0.39 is 21.7 Å². The van der Waals surface area contributed by atoms with Gasteiger partial charge in [0, 0.05) is 6.04 Å². The molecule has 1 atom stereocenters. The molecule has 0 fully saturated rings. The first-order valence-electron chi connectivity index (χ1n) is 7.10. The van der Waals surface area contributed by atoms with E-state index in [1.807, 2.05) is 0 Å². The Morgan fingerprint density at radius 1 is 1.38 bits per heavy atom. The van der Waals surface area contributed by atoms with Crippen molar-refractivity contribution in [1.29, 1.82) is 0 Å². The number of sulfonamides is 1. The molecule has 0 radical (unpaired) electrons. The van der Waals surface area contributed by atoms with E-state index >= 15 is 0 Å². The fourth-order valence-electron chi connectivity index (χ4n) is 2.15. The molecule has 0 aliphatic carbocycles. The molecule has 0 aromatic carbocycles. The number of aromatic nitrogens is 2. The summed E-state index contributed by atoms with van der Waals surface area (Å²) in [7, 11) is -3.89. The van der Waals surface area contributed by atoms with Crippen molar-refractivity contribution < 1.29 is 18.3 Å². The minimum Gasteiger partial charge on any atom is -0.476 e. The second-order valence-corrected chi connectivity index (χ2v) is 6.85. The number of aromatic amines is 1. The molecular formula is C13H23N3O4S. The Morgan fingerprint density at radius 2 is 2.05 bits per heavy atom. The Hall–Kier alpha value is -1.41. The highest BCUT2D eigenvalue weighted by atomic mass is 32.2. The summed E-state index contributed by atoms with van der Waals surface area (Å²) in [4.78, 5) is 10.8. The zero-order chi connectivity index (χ0) is 16.0. The van der Waals surface area contributed by atoms with Gasteiger partial charge in [0.1, 0.15) is 4.90 Å². The predicted octanol–water partition coefficient (Wildman–Crippen LogP) is 2.05. The second-order valence-electron chi connectivity index (χ2n) is 5.20. The van der Waals surface area contributed by atoms with Crippen LogP contribution in [0.2, 0.25) is 0 Å². The smallest absolute Gasteiger partial charge is 0.357 e. The maximum atomic E-state index is 12.3. The van der Waals surface area contributed by atoms with Crippen molar-refractivity contribution in [3.63, 3.8) is 0 Å². The van der Waals surface area contributed by atoms with Crippen molar-refractivity contribution in [2.45, 2.75) is 63.8 Å². The normalized spacial score (nSPS) is 13.3. The van der Waals surface area contributed by atoms with Crippen molar-refractivity contribution in [3.05, 3.63) is 11.4 Å². The first-order chi connectivity index (χ1) is 9.79. The van der Waals surface area contributed by atoms with Gasteiger partial charge in [0.15, 0.2) is 5.69 Å². The van der Waals surface area contributed by atoms with E-state index in [1.165, 1.54) is 6.92 Å². The molecule has 1 heterocycles. The molecule has 0 saturated carbocycles. The number of aromatic carboxylic acids is 1. The fraction of sp³-hybridized carbons (Fsp3) is 0.692. The van der Waals surface area contributed by atoms with Gasteiger partial charge in [0.25, 0.3) is 0 Å². The molecular weight excluding hydrogens is 294 g/mol. The maximum absolute atomic E-state index is 12.3. The van der Waals surface area contributed by atoms with E-state index in [0.717, 1.165) is 32.1 Å². The molecule has 1 aromatic heterocycles. The highest BCUT2D eigenvalue weighted by molar-refractivity contribution is 7.89. The van der Waals surface area contributed by atoms with Crippen LogP contribution in [0.5, 0.6) is 0 Å². The molecule has 3 N–H and O–H groups in total. The molecule has 0 aliphatic rings. The number of hydrogen-bond acceptors (Lipinski definition) is 4. The maximum Gasteiger partial charge on any atom is 0.357 e. The largest absolute Gasteiger partial charge is 0.476 e. The van der Waals surface area contributed by atoms with Crippen LogP contribution >= 0.6 is 0 Å². The number of hydrogen-bond donors (Lipinski definition) is 3. The number of carboxylic acids is 1. The van der Waals surface area contributed by atoms with E-state index in [4.69, 9.17) is 5.11 Å². The van der Waals surface area contributed by atoms with Gasteiger partial charge < -0.3 is 5.11 Å². The topological polar surface area (TPSA) is 112 Å². The fourth-order valence-corrected chi connectivity index (χ4v) is 3.75. The molecule has 1 rings (SSSR count). The number of rotatable bonds is 9. The molecule has 1 aromatic rings. The first-order valence-corrected chi connectivity index (χ1v) is 8.58. The minimum atomic E-state index is -3.89. The summed E-state index contributed by atoms with van der Waals surface area (Å²) in [6.07, 6.45) is 4.97. The Balaban J connectivity index is 2.78. The van der Waals surface area contributed by atoms with E-state index in [2.05, 4.69) is 21.8 Å². The number of H-pyrrole nitrogens is 1. The molecule has 0 aliphatic heterocycles. The average Bonchev–Trinajstić information content (AvgIpc) is 2.77. The molecule has 0 saturated heterocycles. The van der Waals surface area contributed by atoms with Crippen molar-refractivity contribution in [2.75, 3.05) is 0 Å². The van der Waals surface area contributed by atoms with E-state index in [0.29, 0.717) is 0 Å². The third kappa shape index (κ3) is 4.82. The number of nitrogens with one attached hydrogen (secondary N) is 2. The number of unbranched alkanes of at least 4 members (excludes halogenated alkanes) is 3. The highest BCUT2D eigenvalue weighted by Gasteiger charge is 2.29. The van der Waals surface area contributed by atoms with Gasteiger partial charge in [-0.3, -0.25) is 5.10 Å². The van der Waals surface area contributed by atoms with Gasteiger partial charge in [0.05, 0.1) is 5.69 Å². The standard InChI is InChI=1S/C13H23N3O4S/c1-4-5-6-7-8-9(2)16-21(19,20)12-10(3)14-15-11(12)13(17)18/h9,16H,4-8H2,1-3H3,(H,14,15)(H,17,18). The van der Waals surface area contributed by atoms with Crippen molar-refractivity contribution in [1.82, 2.24) is 14.9 Å². The SMILES string of the molecule is CCCCCCC(C)NS(=O)(=O)c1c(C(=O)O)n[nH]c1C. The zero-order valence-corrected chi connectivity index (χ0v) is 13.5. The number of carbonyl (C=O) groups is 1. The average molecular weight is 317 g/mol. The lowest BCUT2D eigenvalue weighted by Crippen LogP contribution is -2.33. The number of carboxylic acid groups (broad SMARTS) is 1. The monoisotopic (exact) mass is 317 g/mol. The van der Waals surface area contributed by atoms with Crippen LogP contribution in [0.15, 0.2) is 4.90 Å². The van der Waals surface area contributed by atoms with E-state index in [-0.39, 0.29) is 16.6 Å². The van der Waals surface area contributed by atoms with Gasteiger partial charge in [-0.05, 0) is 20.3 Å². The molecule has 8 heteroatoms. The molecule has 0 bridgehead atoms. The Morgan fingerprint density at radius 3 is 2.62 bits per heavy atom. The van der Waals surface area contributed by atoms with Crippen LogP contribution in [-0.2, 0) is 10.0 Å². The second kappa shape index (κ2) is 7.56. The van der Waals surface area contributed by atoms with Gasteiger partial charge in [-0.2, -0.15) is 5.10 Å². The van der Waals surface area contributed by atoms with Crippen LogP contribution in [0.4, 0.5) is 0 Å². The molecule has 120 valence electrons. The van der Waals surface area contributed by atoms with Crippen LogP contribution in [0.3, 0.4) is 0 Å². The summed E-state index contributed by atoms with van der Waals surface area (Å²) in [5, 5.41) is 14.9. The molecule has 7 nitrogen and oxygen atoms in total. The third-order valence-corrected chi connectivity index (χ3v) is 4.96. The Kier molecular flexibility index (Phi) is 6.35. The molecule has 1 unspecified atom stereocenters. The summed E-state index contributed by atoms with van der Waals surface area (Å²) in [6.45, 7) is 5.38. The number of aryl methyl sites for hydroxylation is 1. The minimum absolute atomic E-state index is 0.220. The van der Waals surface area contributed by atoms with Gasteiger partial charge >= 0.3 is 5.97 Å². The van der Waals surface area contributed by atoms with Crippen molar-refractivity contribution >= 4 is 16.0 Å². The summed E-state index contributed by atoms with van der Waals surface area (Å²) >= 11 is 0. The van der Waals surface area contributed by atoms with Crippen LogP contribution in [0.25, 0.3) is 0 Å².